The normalized spacial score (nSPS) is 20.7. The fraction of sp³-hybridized carbons (Fsp3) is 0.438. The Morgan fingerprint density at radius 3 is 2.95 bits per heavy atom. The zero-order chi connectivity index (χ0) is 14.1. The molecule has 0 amide bonds. The van der Waals surface area contributed by atoms with Crippen LogP contribution in [-0.4, -0.2) is 31.0 Å². The fourth-order valence-electron chi connectivity index (χ4n) is 2.88. The highest BCUT2D eigenvalue weighted by Crippen LogP contribution is 2.37. The molecular formula is C16H18N2O3. The molecule has 1 unspecified atom stereocenters. The summed E-state index contributed by atoms with van der Waals surface area (Å²) >= 11 is 0. The Labute approximate surface area is 123 Å². The Balaban J connectivity index is 1.59. The molecule has 0 aliphatic carbocycles. The van der Waals surface area contributed by atoms with Gasteiger partial charge in [0.15, 0.2) is 11.5 Å². The molecule has 1 saturated heterocycles. The van der Waals surface area contributed by atoms with E-state index >= 15 is 0 Å². The van der Waals surface area contributed by atoms with E-state index in [1.807, 2.05) is 24.4 Å². The Kier molecular flexibility index (Phi) is 3.27. The Morgan fingerprint density at radius 1 is 1.19 bits per heavy atom. The molecule has 3 heterocycles. The Hall–Kier alpha value is -2.01. The van der Waals surface area contributed by atoms with E-state index in [9.17, 15) is 0 Å². The van der Waals surface area contributed by atoms with Crippen LogP contribution in [0.4, 0.5) is 5.82 Å². The molecule has 5 heteroatoms. The third kappa shape index (κ3) is 2.49. The minimum absolute atomic E-state index is 0.282. The van der Waals surface area contributed by atoms with E-state index < -0.39 is 0 Å². The zero-order valence-corrected chi connectivity index (χ0v) is 11.8. The second-order valence-corrected chi connectivity index (χ2v) is 5.46. The van der Waals surface area contributed by atoms with E-state index in [1.165, 1.54) is 12.8 Å². The number of hydrogen-bond donors (Lipinski definition) is 1. The second kappa shape index (κ2) is 5.41. The smallest absolute Gasteiger partial charge is 0.231 e. The molecule has 1 N–H and O–H groups in total. The lowest BCUT2D eigenvalue weighted by Crippen LogP contribution is -2.27. The highest BCUT2D eigenvalue weighted by atomic mass is 16.7. The third-order valence-corrected chi connectivity index (χ3v) is 4.03. The lowest BCUT2D eigenvalue weighted by atomic mass is 10.1. The summed E-state index contributed by atoms with van der Waals surface area (Å²) in [5.74, 6) is 2.46. The van der Waals surface area contributed by atoms with E-state index in [4.69, 9.17) is 14.2 Å². The van der Waals surface area contributed by atoms with Gasteiger partial charge in [-0.1, -0.05) is 0 Å². The van der Waals surface area contributed by atoms with Crippen molar-refractivity contribution in [3.8, 4) is 11.5 Å². The summed E-state index contributed by atoms with van der Waals surface area (Å²) < 4.78 is 16.6. The molecule has 2 aliphatic rings. The van der Waals surface area contributed by atoms with Crippen LogP contribution in [0.3, 0.4) is 0 Å². The molecule has 2 aliphatic heterocycles. The average Bonchev–Trinajstić information content (AvgIpc) is 2.99. The first kappa shape index (κ1) is 12.7. The van der Waals surface area contributed by atoms with Gasteiger partial charge in [-0.2, -0.15) is 0 Å². The number of anilines is 1. The summed E-state index contributed by atoms with van der Waals surface area (Å²) in [5.41, 5.74) is 0. The van der Waals surface area contributed by atoms with Gasteiger partial charge < -0.3 is 19.5 Å². The lowest BCUT2D eigenvalue weighted by molar-refractivity contribution is 0.0247. The number of ether oxygens (including phenoxy) is 3. The fourth-order valence-corrected chi connectivity index (χ4v) is 2.88. The van der Waals surface area contributed by atoms with Crippen molar-refractivity contribution in [3.63, 3.8) is 0 Å². The molecule has 0 spiro atoms. The quantitative estimate of drug-likeness (QED) is 0.940. The Bertz CT molecular complexity index is 653. The number of rotatable bonds is 3. The van der Waals surface area contributed by atoms with Gasteiger partial charge in [0.25, 0.3) is 0 Å². The van der Waals surface area contributed by atoms with E-state index in [2.05, 4.69) is 10.3 Å². The van der Waals surface area contributed by atoms with Crippen LogP contribution in [0.1, 0.15) is 19.3 Å². The minimum atomic E-state index is 0.282. The van der Waals surface area contributed by atoms with Crippen molar-refractivity contribution in [1.29, 1.82) is 0 Å². The van der Waals surface area contributed by atoms with Gasteiger partial charge in [0.1, 0.15) is 5.82 Å². The molecule has 1 aromatic carbocycles. The molecule has 1 fully saturated rings. The molecule has 0 radical (unpaired) electrons. The first-order chi connectivity index (χ1) is 10.4. The number of hydrogen-bond acceptors (Lipinski definition) is 5. The van der Waals surface area contributed by atoms with Gasteiger partial charge in [0.2, 0.25) is 6.79 Å². The molecule has 2 aromatic rings. The molecule has 4 rings (SSSR count). The summed E-state index contributed by atoms with van der Waals surface area (Å²) in [5, 5.41) is 5.57. The maximum Gasteiger partial charge on any atom is 0.231 e. The molecule has 110 valence electrons. The van der Waals surface area contributed by atoms with Crippen LogP contribution in [-0.2, 0) is 4.74 Å². The monoisotopic (exact) mass is 286 g/mol. The number of pyridine rings is 1. The number of aromatic nitrogens is 1. The topological polar surface area (TPSA) is 52.6 Å². The van der Waals surface area contributed by atoms with E-state index in [0.717, 1.165) is 47.7 Å². The Morgan fingerprint density at radius 2 is 2.10 bits per heavy atom. The summed E-state index contributed by atoms with van der Waals surface area (Å²) in [6, 6.07) is 5.98. The predicted octanol–water partition coefficient (Wildman–Crippen LogP) is 2.94. The largest absolute Gasteiger partial charge is 0.454 e. The van der Waals surface area contributed by atoms with Crippen LogP contribution in [0.25, 0.3) is 10.8 Å². The summed E-state index contributed by atoms with van der Waals surface area (Å²) in [4.78, 5) is 4.45. The van der Waals surface area contributed by atoms with Gasteiger partial charge in [0, 0.05) is 24.7 Å². The van der Waals surface area contributed by atoms with E-state index in [-0.39, 0.29) is 12.9 Å². The van der Waals surface area contributed by atoms with Gasteiger partial charge in [-0.25, -0.2) is 4.98 Å². The van der Waals surface area contributed by atoms with Crippen molar-refractivity contribution in [3.05, 3.63) is 24.4 Å². The van der Waals surface area contributed by atoms with Gasteiger partial charge in [-0.15, -0.1) is 0 Å². The number of nitrogens with zero attached hydrogens (tertiary/aromatic N) is 1. The van der Waals surface area contributed by atoms with Crippen LogP contribution >= 0.6 is 0 Å². The van der Waals surface area contributed by atoms with Crippen LogP contribution in [0.5, 0.6) is 11.5 Å². The molecule has 1 atom stereocenters. The number of nitrogens with one attached hydrogen (secondary N) is 1. The number of fused-ring (bicyclic) bond motifs is 2. The SMILES string of the molecule is c1cc2cc3c(cc2c(NCC2CCCCO2)n1)OCO3. The minimum Gasteiger partial charge on any atom is -0.454 e. The molecule has 0 bridgehead atoms. The standard InChI is InChI=1S/C16H18N2O3/c1-2-6-19-12(3-1)9-18-16-13-8-15-14(20-10-21-15)7-11(13)4-5-17-16/h4-5,7-8,12H,1-3,6,9-10H2,(H,17,18). The highest BCUT2D eigenvalue weighted by molar-refractivity contribution is 5.94. The molecule has 0 saturated carbocycles. The van der Waals surface area contributed by atoms with Crippen molar-refractivity contribution in [2.75, 3.05) is 25.3 Å². The van der Waals surface area contributed by atoms with Gasteiger partial charge >= 0.3 is 0 Å². The van der Waals surface area contributed by atoms with E-state index in [0.29, 0.717) is 0 Å². The molecule has 1 aromatic heterocycles. The van der Waals surface area contributed by atoms with Crippen molar-refractivity contribution in [2.45, 2.75) is 25.4 Å². The van der Waals surface area contributed by atoms with Gasteiger partial charge in [0.05, 0.1) is 6.10 Å². The van der Waals surface area contributed by atoms with Gasteiger partial charge in [-0.05, 0) is 42.8 Å². The predicted molar refractivity (Wildman–Crippen MR) is 79.9 cm³/mol. The maximum atomic E-state index is 5.75. The van der Waals surface area contributed by atoms with Crippen molar-refractivity contribution >= 4 is 16.6 Å². The molecule has 5 nitrogen and oxygen atoms in total. The number of benzene rings is 1. The third-order valence-electron chi connectivity index (χ3n) is 4.03. The summed E-state index contributed by atoms with van der Waals surface area (Å²) in [7, 11) is 0. The van der Waals surface area contributed by atoms with Crippen LogP contribution < -0.4 is 14.8 Å². The summed E-state index contributed by atoms with van der Waals surface area (Å²) in [6.07, 6.45) is 5.63. The van der Waals surface area contributed by atoms with Crippen molar-refractivity contribution in [1.82, 2.24) is 4.98 Å². The summed E-state index contributed by atoms with van der Waals surface area (Å²) in [6.45, 7) is 1.95. The highest BCUT2D eigenvalue weighted by Gasteiger charge is 2.17. The van der Waals surface area contributed by atoms with Crippen molar-refractivity contribution in [2.24, 2.45) is 0 Å². The maximum absolute atomic E-state index is 5.75. The first-order valence-corrected chi connectivity index (χ1v) is 7.44. The average molecular weight is 286 g/mol. The van der Waals surface area contributed by atoms with E-state index in [1.54, 1.807) is 0 Å². The van der Waals surface area contributed by atoms with Gasteiger partial charge in [-0.3, -0.25) is 0 Å². The lowest BCUT2D eigenvalue weighted by Gasteiger charge is -2.23. The molecular weight excluding hydrogens is 268 g/mol. The van der Waals surface area contributed by atoms with Crippen molar-refractivity contribution < 1.29 is 14.2 Å². The van der Waals surface area contributed by atoms with Crippen LogP contribution in [0, 0.1) is 0 Å². The second-order valence-electron chi connectivity index (χ2n) is 5.46. The zero-order valence-electron chi connectivity index (χ0n) is 11.8. The molecule has 21 heavy (non-hydrogen) atoms. The van der Waals surface area contributed by atoms with Crippen LogP contribution in [0.15, 0.2) is 24.4 Å². The first-order valence-electron chi connectivity index (χ1n) is 7.44. The van der Waals surface area contributed by atoms with Crippen LogP contribution in [0.2, 0.25) is 0 Å².